The fourth-order valence-corrected chi connectivity index (χ4v) is 2.16. The van der Waals surface area contributed by atoms with Crippen LogP contribution < -0.4 is 5.32 Å². The first-order chi connectivity index (χ1) is 8.59. The maximum Gasteiger partial charge on any atom is 0.257 e. The smallest absolute Gasteiger partial charge is 0.257 e. The van der Waals surface area contributed by atoms with Gasteiger partial charge in [0.15, 0.2) is 0 Å². The molecule has 18 heavy (non-hydrogen) atoms. The third kappa shape index (κ3) is 2.74. The SMILES string of the molecule is Cc1cccc(NC(=O)c2ccccc2Cl)c1Br. The van der Waals surface area contributed by atoms with Crippen molar-refractivity contribution >= 4 is 39.1 Å². The van der Waals surface area contributed by atoms with Crippen LogP contribution in [0.3, 0.4) is 0 Å². The van der Waals surface area contributed by atoms with Crippen LogP contribution in [-0.4, -0.2) is 5.91 Å². The number of hydrogen-bond acceptors (Lipinski definition) is 1. The quantitative estimate of drug-likeness (QED) is 0.855. The van der Waals surface area contributed by atoms with E-state index in [1.807, 2.05) is 25.1 Å². The molecule has 0 spiro atoms. The lowest BCUT2D eigenvalue weighted by atomic mass is 10.2. The number of halogens is 2. The highest BCUT2D eigenvalue weighted by atomic mass is 79.9. The lowest BCUT2D eigenvalue weighted by molar-refractivity contribution is 0.102. The second-order valence-electron chi connectivity index (χ2n) is 3.87. The van der Waals surface area contributed by atoms with Crippen molar-refractivity contribution in [2.75, 3.05) is 5.32 Å². The van der Waals surface area contributed by atoms with Crippen LogP contribution in [0.5, 0.6) is 0 Å². The number of hydrogen-bond donors (Lipinski definition) is 1. The summed E-state index contributed by atoms with van der Waals surface area (Å²) in [5, 5.41) is 3.28. The van der Waals surface area contributed by atoms with Gasteiger partial charge in [0.1, 0.15) is 0 Å². The summed E-state index contributed by atoms with van der Waals surface area (Å²) in [4.78, 5) is 12.1. The lowest BCUT2D eigenvalue weighted by Crippen LogP contribution is -2.12. The lowest BCUT2D eigenvalue weighted by Gasteiger charge is -2.09. The van der Waals surface area contributed by atoms with Crippen LogP contribution in [0.2, 0.25) is 5.02 Å². The van der Waals surface area contributed by atoms with Gasteiger partial charge in [-0.3, -0.25) is 4.79 Å². The van der Waals surface area contributed by atoms with Crippen LogP contribution in [0.4, 0.5) is 5.69 Å². The maximum atomic E-state index is 12.1. The minimum Gasteiger partial charge on any atom is -0.321 e. The van der Waals surface area contributed by atoms with Crippen molar-refractivity contribution < 1.29 is 4.79 Å². The molecular formula is C14H11BrClNO. The van der Waals surface area contributed by atoms with Gasteiger partial charge in [-0.2, -0.15) is 0 Å². The molecule has 1 N–H and O–H groups in total. The van der Waals surface area contributed by atoms with Gasteiger partial charge < -0.3 is 5.32 Å². The normalized spacial score (nSPS) is 10.2. The minimum absolute atomic E-state index is 0.216. The van der Waals surface area contributed by atoms with E-state index < -0.39 is 0 Å². The monoisotopic (exact) mass is 323 g/mol. The Morgan fingerprint density at radius 2 is 1.89 bits per heavy atom. The fourth-order valence-electron chi connectivity index (χ4n) is 1.58. The zero-order chi connectivity index (χ0) is 13.1. The predicted molar refractivity (Wildman–Crippen MR) is 78.3 cm³/mol. The molecule has 2 aromatic carbocycles. The van der Waals surface area contributed by atoms with Crippen molar-refractivity contribution in [3.8, 4) is 0 Å². The van der Waals surface area contributed by atoms with Crippen LogP contribution in [-0.2, 0) is 0 Å². The summed E-state index contributed by atoms with van der Waals surface area (Å²) in [6, 6.07) is 12.7. The molecule has 0 saturated heterocycles. The highest BCUT2D eigenvalue weighted by molar-refractivity contribution is 9.10. The van der Waals surface area contributed by atoms with E-state index in [-0.39, 0.29) is 5.91 Å². The Bertz CT molecular complexity index is 598. The van der Waals surface area contributed by atoms with E-state index in [1.54, 1.807) is 24.3 Å². The molecule has 0 aliphatic heterocycles. The highest BCUT2D eigenvalue weighted by Gasteiger charge is 2.11. The molecule has 0 aromatic heterocycles. The summed E-state index contributed by atoms with van der Waals surface area (Å²) < 4.78 is 0.880. The van der Waals surface area contributed by atoms with Crippen LogP contribution in [0.1, 0.15) is 15.9 Å². The molecule has 0 heterocycles. The first kappa shape index (κ1) is 13.1. The zero-order valence-electron chi connectivity index (χ0n) is 9.71. The Morgan fingerprint density at radius 1 is 1.17 bits per heavy atom. The van der Waals surface area contributed by atoms with Gasteiger partial charge in [-0.15, -0.1) is 0 Å². The largest absolute Gasteiger partial charge is 0.321 e. The van der Waals surface area contributed by atoms with Gasteiger partial charge in [0.25, 0.3) is 5.91 Å². The summed E-state index contributed by atoms with van der Waals surface area (Å²) in [6.45, 7) is 1.97. The van der Waals surface area contributed by atoms with Gasteiger partial charge in [-0.1, -0.05) is 35.9 Å². The van der Waals surface area contributed by atoms with Gasteiger partial charge in [-0.05, 0) is 46.6 Å². The van der Waals surface area contributed by atoms with Crippen molar-refractivity contribution in [2.24, 2.45) is 0 Å². The van der Waals surface area contributed by atoms with E-state index in [2.05, 4.69) is 21.2 Å². The highest BCUT2D eigenvalue weighted by Crippen LogP contribution is 2.26. The van der Waals surface area contributed by atoms with Gasteiger partial charge in [0.2, 0.25) is 0 Å². The van der Waals surface area contributed by atoms with Crippen molar-refractivity contribution in [3.05, 3.63) is 63.1 Å². The number of anilines is 1. The molecule has 2 aromatic rings. The van der Waals surface area contributed by atoms with Gasteiger partial charge >= 0.3 is 0 Å². The Morgan fingerprint density at radius 3 is 2.61 bits per heavy atom. The second-order valence-corrected chi connectivity index (χ2v) is 5.07. The molecule has 0 aliphatic rings. The number of carbonyl (C=O) groups excluding carboxylic acids is 1. The van der Waals surface area contributed by atoms with E-state index in [0.29, 0.717) is 10.6 Å². The number of aryl methyl sites for hydroxylation is 1. The molecular weight excluding hydrogens is 314 g/mol. The number of benzene rings is 2. The number of rotatable bonds is 2. The fraction of sp³-hybridized carbons (Fsp3) is 0.0714. The van der Waals surface area contributed by atoms with E-state index in [1.165, 1.54) is 0 Å². The number of nitrogens with one attached hydrogen (secondary N) is 1. The van der Waals surface area contributed by atoms with Crippen LogP contribution in [0.25, 0.3) is 0 Å². The van der Waals surface area contributed by atoms with Crippen LogP contribution in [0.15, 0.2) is 46.9 Å². The average molecular weight is 325 g/mol. The topological polar surface area (TPSA) is 29.1 Å². The van der Waals surface area contributed by atoms with Crippen molar-refractivity contribution in [1.82, 2.24) is 0 Å². The Hall–Kier alpha value is -1.32. The minimum atomic E-state index is -0.216. The Balaban J connectivity index is 2.27. The molecule has 0 unspecified atom stereocenters. The van der Waals surface area contributed by atoms with E-state index in [4.69, 9.17) is 11.6 Å². The third-order valence-electron chi connectivity index (χ3n) is 2.56. The number of carbonyl (C=O) groups is 1. The van der Waals surface area contributed by atoms with Crippen LogP contribution in [0, 0.1) is 6.92 Å². The molecule has 0 atom stereocenters. The van der Waals surface area contributed by atoms with E-state index >= 15 is 0 Å². The van der Waals surface area contributed by atoms with Crippen molar-refractivity contribution in [3.63, 3.8) is 0 Å². The summed E-state index contributed by atoms with van der Waals surface area (Å²) in [6.07, 6.45) is 0. The molecule has 4 heteroatoms. The molecule has 0 fully saturated rings. The first-order valence-corrected chi connectivity index (χ1v) is 6.57. The Kier molecular flexibility index (Phi) is 4.04. The third-order valence-corrected chi connectivity index (χ3v) is 3.94. The summed E-state index contributed by atoms with van der Waals surface area (Å²) in [5.74, 6) is -0.216. The van der Waals surface area contributed by atoms with Gasteiger partial charge in [0.05, 0.1) is 16.3 Å². The molecule has 2 rings (SSSR count). The van der Waals surface area contributed by atoms with Crippen molar-refractivity contribution in [1.29, 1.82) is 0 Å². The summed E-state index contributed by atoms with van der Waals surface area (Å²) >= 11 is 9.44. The van der Waals surface area contributed by atoms with E-state index in [9.17, 15) is 4.79 Å². The van der Waals surface area contributed by atoms with Gasteiger partial charge in [-0.25, -0.2) is 0 Å². The Labute approximate surface area is 119 Å². The van der Waals surface area contributed by atoms with E-state index in [0.717, 1.165) is 15.7 Å². The molecule has 0 aliphatic carbocycles. The molecule has 1 amide bonds. The standard InChI is InChI=1S/C14H11BrClNO/c1-9-5-4-8-12(13(9)15)17-14(18)10-6-2-3-7-11(10)16/h2-8H,1H3,(H,17,18). The molecule has 0 radical (unpaired) electrons. The molecule has 92 valence electrons. The van der Waals surface area contributed by atoms with Gasteiger partial charge in [0, 0.05) is 4.47 Å². The first-order valence-electron chi connectivity index (χ1n) is 5.40. The number of amides is 1. The predicted octanol–water partition coefficient (Wildman–Crippen LogP) is 4.66. The average Bonchev–Trinajstić information content (AvgIpc) is 2.35. The zero-order valence-corrected chi connectivity index (χ0v) is 12.0. The van der Waals surface area contributed by atoms with Crippen LogP contribution >= 0.6 is 27.5 Å². The maximum absolute atomic E-state index is 12.1. The second kappa shape index (κ2) is 5.55. The molecule has 0 bridgehead atoms. The summed E-state index contributed by atoms with van der Waals surface area (Å²) in [7, 11) is 0. The summed E-state index contributed by atoms with van der Waals surface area (Å²) in [5.41, 5.74) is 2.26. The molecule has 2 nitrogen and oxygen atoms in total. The van der Waals surface area contributed by atoms with Crippen molar-refractivity contribution in [2.45, 2.75) is 6.92 Å². The molecule has 0 saturated carbocycles.